The largest absolute Gasteiger partial charge is 0.348 e. The summed E-state index contributed by atoms with van der Waals surface area (Å²) in [5, 5.41) is 2.96. The highest BCUT2D eigenvalue weighted by Crippen LogP contribution is 2.21. The molecule has 122 valence electrons. The molecule has 0 unspecified atom stereocenters. The first-order valence-electron chi connectivity index (χ1n) is 8.03. The summed E-state index contributed by atoms with van der Waals surface area (Å²) < 4.78 is 0. The van der Waals surface area contributed by atoms with Gasteiger partial charge in [0.2, 0.25) is 5.91 Å². The van der Waals surface area contributed by atoms with Crippen LogP contribution in [0.4, 0.5) is 0 Å². The van der Waals surface area contributed by atoms with Crippen molar-refractivity contribution in [3.05, 3.63) is 60.2 Å². The van der Waals surface area contributed by atoms with Crippen LogP contribution in [0, 0.1) is 0 Å². The van der Waals surface area contributed by atoms with Crippen molar-refractivity contribution in [2.75, 3.05) is 6.54 Å². The Bertz CT molecular complexity index is 610. The smallest absolute Gasteiger partial charge is 0.237 e. The molecule has 0 spiro atoms. The third-order valence-corrected chi connectivity index (χ3v) is 3.93. The quantitative estimate of drug-likeness (QED) is 0.735. The molecule has 5 N–H and O–H groups in total. The van der Waals surface area contributed by atoms with Crippen LogP contribution >= 0.6 is 0 Å². The maximum Gasteiger partial charge on any atom is 0.237 e. The van der Waals surface area contributed by atoms with E-state index in [9.17, 15) is 4.79 Å². The number of amides is 1. The average Bonchev–Trinajstić information content (AvgIpc) is 2.60. The van der Waals surface area contributed by atoms with Gasteiger partial charge in [0.1, 0.15) is 0 Å². The highest BCUT2D eigenvalue weighted by atomic mass is 16.2. The summed E-state index contributed by atoms with van der Waals surface area (Å²) in [6.45, 7) is 2.52. The van der Waals surface area contributed by atoms with Crippen molar-refractivity contribution >= 4 is 5.91 Å². The summed E-state index contributed by atoms with van der Waals surface area (Å²) in [5.74, 6) is -0.127. The number of carbonyl (C=O) groups excluding carboxylic acids is 1. The Morgan fingerprint density at radius 1 is 1.04 bits per heavy atom. The van der Waals surface area contributed by atoms with E-state index in [0.29, 0.717) is 13.0 Å². The Balaban J connectivity index is 1.97. The predicted octanol–water partition coefficient (Wildman–Crippen LogP) is 2.60. The highest BCUT2D eigenvalue weighted by Gasteiger charge is 2.16. The van der Waals surface area contributed by atoms with E-state index in [1.165, 1.54) is 5.56 Å². The van der Waals surface area contributed by atoms with Crippen LogP contribution in [-0.2, 0) is 4.79 Å². The van der Waals surface area contributed by atoms with Crippen LogP contribution in [0.2, 0.25) is 0 Å². The number of benzene rings is 2. The van der Waals surface area contributed by atoms with Crippen molar-refractivity contribution in [3.63, 3.8) is 0 Å². The molecular formula is C19H25N3O. The lowest BCUT2D eigenvalue weighted by molar-refractivity contribution is -0.123. The normalized spacial score (nSPS) is 13.3. The molecular weight excluding hydrogens is 286 g/mol. The predicted molar refractivity (Wildman–Crippen MR) is 94.7 cm³/mol. The van der Waals surface area contributed by atoms with Crippen LogP contribution in [0.15, 0.2) is 54.6 Å². The van der Waals surface area contributed by atoms with Gasteiger partial charge in [-0.1, -0.05) is 54.6 Å². The monoisotopic (exact) mass is 311 g/mol. The lowest BCUT2D eigenvalue weighted by Gasteiger charge is -2.18. The van der Waals surface area contributed by atoms with E-state index in [1.807, 2.05) is 37.3 Å². The van der Waals surface area contributed by atoms with Crippen molar-refractivity contribution in [2.45, 2.75) is 31.8 Å². The molecule has 0 bridgehead atoms. The molecule has 2 atom stereocenters. The zero-order chi connectivity index (χ0) is 16.7. The zero-order valence-electron chi connectivity index (χ0n) is 13.5. The topological polar surface area (TPSA) is 81.1 Å². The summed E-state index contributed by atoms with van der Waals surface area (Å²) in [4.78, 5) is 12.0. The second-order valence-electron chi connectivity index (χ2n) is 5.76. The minimum Gasteiger partial charge on any atom is -0.348 e. The van der Waals surface area contributed by atoms with E-state index >= 15 is 0 Å². The van der Waals surface area contributed by atoms with Crippen molar-refractivity contribution in [1.29, 1.82) is 0 Å². The standard InChI is InChI=1S/C19H25N3O/c1-14(22-19(23)18(21)8-5-13-20)15-9-11-17(12-10-15)16-6-3-2-4-7-16/h2-4,6-7,9-12,14,18H,5,8,13,20-21H2,1H3,(H,22,23)/t14-,18+/m0/s1. The van der Waals surface area contributed by atoms with E-state index in [0.717, 1.165) is 17.5 Å². The van der Waals surface area contributed by atoms with Crippen LogP contribution < -0.4 is 16.8 Å². The number of hydrogen-bond acceptors (Lipinski definition) is 3. The fraction of sp³-hybridized carbons (Fsp3) is 0.316. The van der Waals surface area contributed by atoms with Crippen molar-refractivity contribution in [3.8, 4) is 11.1 Å². The van der Waals surface area contributed by atoms with Gasteiger partial charge in [0.15, 0.2) is 0 Å². The van der Waals surface area contributed by atoms with Gasteiger partial charge >= 0.3 is 0 Å². The minimum absolute atomic E-state index is 0.0729. The van der Waals surface area contributed by atoms with Crippen LogP contribution in [-0.4, -0.2) is 18.5 Å². The molecule has 0 aromatic heterocycles. The molecule has 0 aliphatic rings. The number of nitrogens with two attached hydrogens (primary N) is 2. The van der Waals surface area contributed by atoms with Gasteiger partial charge in [-0.2, -0.15) is 0 Å². The summed E-state index contributed by atoms with van der Waals surface area (Å²) in [7, 11) is 0. The lowest BCUT2D eigenvalue weighted by Crippen LogP contribution is -2.41. The first-order valence-corrected chi connectivity index (χ1v) is 8.03. The maximum atomic E-state index is 12.0. The molecule has 0 fully saturated rings. The van der Waals surface area contributed by atoms with E-state index in [2.05, 4.69) is 29.6 Å². The fourth-order valence-corrected chi connectivity index (χ4v) is 2.47. The average molecular weight is 311 g/mol. The summed E-state index contributed by atoms with van der Waals surface area (Å²) in [5.41, 5.74) is 14.7. The van der Waals surface area contributed by atoms with E-state index < -0.39 is 6.04 Å². The van der Waals surface area contributed by atoms with E-state index in [-0.39, 0.29) is 11.9 Å². The molecule has 0 aliphatic carbocycles. The second kappa shape index (κ2) is 8.46. The van der Waals surface area contributed by atoms with Gasteiger partial charge in [-0.25, -0.2) is 0 Å². The second-order valence-corrected chi connectivity index (χ2v) is 5.76. The number of hydrogen-bond donors (Lipinski definition) is 3. The molecule has 0 aliphatic heterocycles. The van der Waals surface area contributed by atoms with Crippen LogP contribution in [0.25, 0.3) is 11.1 Å². The first kappa shape index (κ1) is 17.2. The van der Waals surface area contributed by atoms with Gasteiger partial charge in [-0.05, 0) is 43.0 Å². The third-order valence-electron chi connectivity index (χ3n) is 3.93. The number of carbonyl (C=O) groups is 1. The first-order chi connectivity index (χ1) is 11.1. The molecule has 2 aromatic rings. The molecule has 4 nitrogen and oxygen atoms in total. The fourth-order valence-electron chi connectivity index (χ4n) is 2.47. The van der Waals surface area contributed by atoms with E-state index in [1.54, 1.807) is 0 Å². The maximum absolute atomic E-state index is 12.0. The summed E-state index contributed by atoms with van der Waals surface area (Å²) >= 11 is 0. The molecule has 23 heavy (non-hydrogen) atoms. The molecule has 0 saturated carbocycles. The molecule has 0 saturated heterocycles. The number of nitrogens with one attached hydrogen (secondary N) is 1. The van der Waals surface area contributed by atoms with Crippen LogP contribution in [0.5, 0.6) is 0 Å². The molecule has 1 amide bonds. The Labute approximate surface area is 137 Å². The molecule has 0 heterocycles. The Morgan fingerprint density at radius 3 is 2.26 bits per heavy atom. The Kier molecular flexibility index (Phi) is 6.32. The molecule has 0 radical (unpaired) electrons. The molecule has 4 heteroatoms. The van der Waals surface area contributed by atoms with Crippen molar-refractivity contribution in [2.24, 2.45) is 11.5 Å². The van der Waals surface area contributed by atoms with Gasteiger partial charge in [0.25, 0.3) is 0 Å². The van der Waals surface area contributed by atoms with Gasteiger partial charge in [0.05, 0.1) is 12.1 Å². The van der Waals surface area contributed by atoms with Gasteiger partial charge in [0, 0.05) is 0 Å². The summed E-state index contributed by atoms with van der Waals surface area (Å²) in [6.07, 6.45) is 1.37. The molecule has 2 rings (SSSR count). The van der Waals surface area contributed by atoms with Crippen molar-refractivity contribution in [1.82, 2.24) is 5.32 Å². The van der Waals surface area contributed by atoms with Gasteiger partial charge < -0.3 is 16.8 Å². The SMILES string of the molecule is C[C@H](NC(=O)[C@H](N)CCCN)c1ccc(-c2ccccc2)cc1. The minimum atomic E-state index is -0.496. The third kappa shape index (κ3) is 4.91. The van der Waals surface area contributed by atoms with Crippen LogP contribution in [0.1, 0.15) is 31.4 Å². The Hall–Kier alpha value is -2.17. The van der Waals surface area contributed by atoms with Gasteiger partial charge in [-0.3, -0.25) is 4.79 Å². The Morgan fingerprint density at radius 2 is 1.65 bits per heavy atom. The summed E-state index contributed by atoms with van der Waals surface area (Å²) in [6, 6.07) is 17.9. The van der Waals surface area contributed by atoms with Gasteiger partial charge in [-0.15, -0.1) is 0 Å². The number of rotatable bonds is 7. The molecule has 2 aromatic carbocycles. The lowest BCUT2D eigenvalue weighted by atomic mass is 10.0. The van der Waals surface area contributed by atoms with Crippen molar-refractivity contribution < 1.29 is 4.79 Å². The van der Waals surface area contributed by atoms with Crippen LogP contribution in [0.3, 0.4) is 0 Å². The zero-order valence-corrected chi connectivity index (χ0v) is 13.5. The van der Waals surface area contributed by atoms with E-state index in [4.69, 9.17) is 11.5 Å². The highest BCUT2D eigenvalue weighted by molar-refractivity contribution is 5.81.